The molecule has 9 heteroatoms. The van der Waals surface area contributed by atoms with Crippen LogP contribution in [0.5, 0.6) is 0 Å². The zero-order valence-corrected chi connectivity index (χ0v) is 42.1. The Kier molecular flexibility index (Phi) is 43.2. The first-order valence-corrected chi connectivity index (χ1v) is 26.9. The monoisotopic (exact) mass is 901 g/mol. The van der Waals surface area contributed by atoms with E-state index in [9.17, 15) is 19.4 Å². The lowest BCUT2D eigenvalue weighted by Gasteiger charge is -2.29. The van der Waals surface area contributed by atoms with E-state index in [0.29, 0.717) is 17.4 Å². The molecule has 3 atom stereocenters. The van der Waals surface area contributed by atoms with Crippen molar-refractivity contribution < 1.29 is 32.9 Å². The van der Waals surface area contributed by atoms with Gasteiger partial charge in [0, 0.05) is 6.42 Å². The highest BCUT2D eigenvalue weighted by Gasteiger charge is 2.23. The summed E-state index contributed by atoms with van der Waals surface area (Å²) in [6, 6.07) is -0.912. The van der Waals surface area contributed by atoms with Gasteiger partial charge in [0.2, 0.25) is 5.91 Å². The van der Waals surface area contributed by atoms with Gasteiger partial charge in [0.1, 0.15) is 13.2 Å². The molecule has 0 fully saturated rings. The van der Waals surface area contributed by atoms with Crippen LogP contribution >= 0.6 is 7.82 Å². The highest BCUT2D eigenvalue weighted by atomic mass is 31.2. The standard InChI is InChI=1S/C54H97N2O6P/c1-6-8-10-12-14-16-18-20-21-22-23-24-25-26-27-28-29-30-31-32-33-34-35-36-38-40-42-44-46-48-54(58)55-52(51-62-63(59,60)61-50-49-56(3,4)5)53(57)47-45-43-41-39-37-19-17-15-13-11-9-7-2/h8,10,13-16,20-21,23-24,37,39,45,47,52-53,57H,6-7,9,11-12,17-19,22,25-36,38,40-44,46,48-51H2,1-5H3,(H-,55,58,59,60)/b10-8-,15-13+,16-14-,21-20-,24-23-,39-37+,47-45+. The van der Waals surface area contributed by atoms with Crippen LogP contribution in [-0.4, -0.2) is 68.5 Å². The molecule has 364 valence electrons. The van der Waals surface area contributed by atoms with Gasteiger partial charge in [-0.25, -0.2) is 0 Å². The molecule has 0 aromatic rings. The molecule has 0 aromatic carbocycles. The number of carbonyl (C=O) groups excluding carboxylic acids is 1. The fraction of sp³-hybridized carbons (Fsp3) is 0.722. The quantitative estimate of drug-likeness (QED) is 0.0273. The Balaban J connectivity index is 4.15. The minimum Gasteiger partial charge on any atom is -0.756 e. The van der Waals surface area contributed by atoms with E-state index >= 15 is 0 Å². The number of quaternary nitrogens is 1. The second-order valence-corrected chi connectivity index (χ2v) is 19.5. The molecular weight excluding hydrogens is 804 g/mol. The zero-order valence-electron chi connectivity index (χ0n) is 41.2. The van der Waals surface area contributed by atoms with Crippen LogP contribution in [0.15, 0.2) is 85.1 Å². The highest BCUT2D eigenvalue weighted by molar-refractivity contribution is 7.45. The Morgan fingerprint density at radius 3 is 1.48 bits per heavy atom. The summed E-state index contributed by atoms with van der Waals surface area (Å²) in [7, 11) is 1.23. The first-order chi connectivity index (χ1) is 30.5. The lowest BCUT2D eigenvalue weighted by molar-refractivity contribution is -0.870. The molecule has 8 nitrogen and oxygen atoms in total. The number of hydrogen-bond acceptors (Lipinski definition) is 6. The minimum absolute atomic E-state index is 0.0119. The molecule has 0 bridgehead atoms. The lowest BCUT2D eigenvalue weighted by atomic mass is 10.0. The zero-order chi connectivity index (χ0) is 46.4. The van der Waals surface area contributed by atoms with Gasteiger partial charge in [-0.15, -0.1) is 0 Å². The predicted molar refractivity (Wildman–Crippen MR) is 270 cm³/mol. The maximum Gasteiger partial charge on any atom is 0.268 e. The molecule has 0 aliphatic rings. The number of nitrogens with zero attached hydrogens (tertiary/aromatic N) is 1. The summed E-state index contributed by atoms with van der Waals surface area (Å²) in [6.45, 7) is 4.44. The van der Waals surface area contributed by atoms with E-state index in [-0.39, 0.29) is 12.5 Å². The molecule has 63 heavy (non-hydrogen) atoms. The maximum absolute atomic E-state index is 12.9. The van der Waals surface area contributed by atoms with Crippen LogP contribution in [0.2, 0.25) is 0 Å². The smallest absolute Gasteiger partial charge is 0.268 e. The fourth-order valence-electron chi connectivity index (χ4n) is 6.81. The summed E-state index contributed by atoms with van der Waals surface area (Å²) in [5, 5.41) is 13.8. The molecule has 0 saturated carbocycles. The number of carbonyl (C=O) groups is 1. The molecule has 2 N–H and O–H groups in total. The number of aliphatic hydroxyl groups excluding tert-OH is 1. The first-order valence-electron chi connectivity index (χ1n) is 25.4. The molecule has 0 spiro atoms. The number of likely N-dealkylation sites (N-methyl/N-ethyl adjacent to an activating group) is 1. The number of rotatable bonds is 45. The van der Waals surface area contributed by atoms with Crippen molar-refractivity contribution in [3.05, 3.63) is 85.1 Å². The third-order valence-electron chi connectivity index (χ3n) is 10.8. The van der Waals surface area contributed by atoms with Crippen molar-refractivity contribution in [2.45, 2.75) is 212 Å². The molecular formula is C54H97N2O6P. The van der Waals surface area contributed by atoms with Gasteiger partial charge in [-0.3, -0.25) is 9.36 Å². The second-order valence-electron chi connectivity index (χ2n) is 18.1. The van der Waals surface area contributed by atoms with Crippen molar-refractivity contribution >= 4 is 13.7 Å². The van der Waals surface area contributed by atoms with Crippen molar-refractivity contribution in [2.75, 3.05) is 40.9 Å². The fourth-order valence-corrected chi connectivity index (χ4v) is 7.53. The van der Waals surface area contributed by atoms with Crippen LogP contribution in [0.3, 0.4) is 0 Å². The number of hydrogen-bond donors (Lipinski definition) is 2. The van der Waals surface area contributed by atoms with E-state index in [1.807, 2.05) is 27.2 Å². The number of unbranched alkanes of at least 4 members (excludes halogenated alkanes) is 20. The Bertz CT molecular complexity index is 1300. The Morgan fingerprint density at radius 1 is 0.571 bits per heavy atom. The normalized spacial score (nSPS) is 14.8. The number of allylic oxidation sites excluding steroid dienone is 13. The van der Waals surface area contributed by atoms with Gasteiger partial charge in [-0.2, -0.15) is 0 Å². The van der Waals surface area contributed by atoms with Crippen LogP contribution in [-0.2, 0) is 18.4 Å². The van der Waals surface area contributed by atoms with Crippen LogP contribution in [0.4, 0.5) is 0 Å². The van der Waals surface area contributed by atoms with Crippen LogP contribution in [0.25, 0.3) is 0 Å². The molecule has 3 unspecified atom stereocenters. The third-order valence-corrected chi connectivity index (χ3v) is 11.8. The van der Waals surface area contributed by atoms with E-state index in [2.05, 4.69) is 92.1 Å². The van der Waals surface area contributed by atoms with E-state index in [0.717, 1.165) is 77.0 Å². The number of nitrogens with one attached hydrogen (secondary N) is 1. The molecule has 0 saturated heterocycles. The molecule has 0 heterocycles. The molecule has 0 aliphatic heterocycles. The minimum atomic E-state index is -4.60. The van der Waals surface area contributed by atoms with E-state index in [1.165, 1.54) is 103 Å². The molecule has 0 rings (SSSR count). The Hall–Kier alpha value is -2.32. The summed E-state index contributed by atoms with van der Waals surface area (Å²) in [6.07, 6.45) is 62.3. The average molecular weight is 901 g/mol. The van der Waals surface area contributed by atoms with Crippen molar-refractivity contribution in [1.82, 2.24) is 5.32 Å². The van der Waals surface area contributed by atoms with Gasteiger partial charge in [0.05, 0.1) is 39.9 Å². The topological polar surface area (TPSA) is 108 Å². The molecule has 1 amide bonds. The predicted octanol–water partition coefficient (Wildman–Crippen LogP) is 14.3. The van der Waals surface area contributed by atoms with Crippen molar-refractivity contribution in [1.29, 1.82) is 0 Å². The van der Waals surface area contributed by atoms with Gasteiger partial charge < -0.3 is 28.8 Å². The first kappa shape index (κ1) is 60.7. The largest absolute Gasteiger partial charge is 0.756 e. The third kappa shape index (κ3) is 47.5. The Morgan fingerprint density at radius 2 is 0.984 bits per heavy atom. The maximum atomic E-state index is 12.9. The average Bonchev–Trinajstić information content (AvgIpc) is 3.24. The number of aliphatic hydroxyl groups is 1. The lowest BCUT2D eigenvalue weighted by Crippen LogP contribution is -2.45. The van der Waals surface area contributed by atoms with E-state index in [1.54, 1.807) is 6.08 Å². The molecule has 0 radical (unpaired) electrons. The number of phosphoric ester groups is 1. The summed E-state index contributed by atoms with van der Waals surface area (Å²) in [5.74, 6) is -0.216. The van der Waals surface area contributed by atoms with Gasteiger partial charge in [-0.05, 0) is 77.0 Å². The summed E-state index contributed by atoms with van der Waals surface area (Å²) in [4.78, 5) is 25.4. The Labute approximate surface area is 388 Å². The highest BCUT2D eigenvalue weighted by Crippen LogP contribution is 2.38. The molecule has 0 aliphatic carbocycles. The van der Waals surface area contributed by atoms with Crippen LogP contribution in [0.1, 0.15) is 200 Å². The number of phosphoric acid groups is 1. The van der Waals surface area contributed by atoms with Crippen LogP contribution in [0, 0.1) is 0 Å². The van der Waals surface area contributed by atoms with Gasteiger partial charge in [0.15, 0.2) is 0 Å². The molecule has 0 aromatic heterocycles. The summed E-state index contributed by atoms with van der Waals surface area (Å²) in [5.41, 5.74) is 0. The summed E-state index contributed by atoms with van der Waals surface area (Å²) < 4.78 is 23.2. The van der Waals surface area contributed by atoms with Gasteiger partial charge >= 0.3 is 0 Å². The van der Waals surface area contributed by atoms with E-state index < -0.39 is 26.6 Å². The van der Waals surface area contributed by atoms with Crippen molar-refractivity contribution in [2.24, 2.45) is 0 Å². The van der Waals surface area contributed by atoms with Gasteiger partial charge in [0.25, 0.3) is 7.82 Å². The number of amides is 1. The van der Waals surface area contributed by atoms with Crippen LogP contribution < -0.4 is 10.2 Å². The van der Waals surface area contributed by atoms with Crippen molar-refractivity contribution in [3.63, 3.8) is 0 Å². The van der Waals surface area contributed by atoms with Crippen molar-refractivity contribution in [3.8, 4) is 0 Å². The SMILES string of the molecule is CC/C=C\C/C=C\C/C=C\C/C=C\CCCCCCCCCCCCCCCCCCC(=O)NC(COP(=O)([O-])OCC[N+](C)(C)C)C(O)/C=C/CC/C=C/CC/C=C/CCCC. The van der Waals surface area contributed by atoms with E-state index in [4.69, 9.17) is 9.05 Å². The summed E-state index contributed by atoms with van der Waals surface area (Å²) >= 11 is 0. The van der Waals surface area contributed by atoms with Gasteiger partial charge in [-0.1, -0.05) is 202 Å². The second kappa shape index (κ2) is 44.9.